The van der Waals surface area contributed by atoms with Gasteiger partial charge in [-0.3, -0.25) is 4.79 Å². The molecule has 3 nitrogen and oxygen atoms in total. The van der Waals surface area contributed by atoms with Gasteiger partial charge in [0.25, 0.3) is 0 Å². The van der Waals surface area contributed by atoms with E-state index in [0.717, 1.165) is 23.1 Å². The summed E-state index contributed by atoms with van der Waals surface area (Å²) in [6, 6.07) is 16.4. The first-order chi connectivity index (χ1) is 11.4. The molecule has 0 bridgehead atoms. The summed E-state index contributed by atoms with van der Waals surface area (Å²) < 4.78 is 0. The summed E-state index contributed by atoms with van der Waals surface area (Å²) in [4.78, 5) is 11.1. The van der Waals surface area contributed by atoms with E-state index in [4.69, 9.17) is 0 Å². The summed E-state index contributed by atoms with van der Waals surface area (Å²) in [7, 11) is 0. The SMILES string of the molecule is O=CC1=CC=CCC1=NN=C1c2ccccc2-c2ccccc21. The number of benzene rings is 2. The number of nitrogens with zero attached hydrogens (tertiary/aromatic N) is 2. The van der Waals surface area contributed by atoms with Crippen molar-refractivity contribution in [1.82, 2.24) is 0 Å². The molecule has 4 rings (SSSR count). The zero-order valence-electron chi connectivity index (χ0n) is 12.4. The van der Waals surface area contributed by atoms with Crippen LogP contribution < -0.4 is 0 Å². The van der Waals surface area contributed by atoms with Crippen molar-refractivity contribution in [1.29, 1.82) is 0 Å². The Morgan fingerprint density at radius 3 is 2.04 bits per heavy atom. The van der Waals surface area contributed by atoms with Gasteiger partial charge in [0.15, 0.2) is 6.29 Å². The molecule has 2 aromatic rings. The smallest absolute Gasteiger partial charge is 0.151 e. The summed E-state index contributed by atoms with van der Waals surface area (Å²) in [5, 5.41) is 8.87. The molecule has 0 fully saturated rings. The van der Waals surface area contributed by atoms with Gasteiger partial charge in [-0.15, -0.1) is 5.10 Å². The van der Waals surface area contributed by atoms with E-state index < -0.39 is 0 Å². The van der Waals surface area contributed by atoms with E-state index in [0.29, 0.717) is 17.7 Å². The predicted octanol–water partition coefficient (Wildman–Crippen LogP) is 3.95. The second kappa shape index (κ2) is 5.61. The molecule has 110 valence electrons. The molecule has 0 saturated heterocycles. The van der Waals surface area contributed by atoms with Crippen molar-refractivity contribution in [2.24, 2.45) is 10.2 Å². The van der Waals surface area contributed by atoms with Gasteiger partial charge in [0.05, 0.1) is 5.71 Å². The number of fused-ring (bicyclic) bond motifs is 3. The average Bonchev–Trinajstić information content (AvgIpc) is 2.94. The van der Waals surface area contributed by atoms with Gasteiger partial charge in [0, 0.05) is 23.1 Å². The lowest BCUT2D eigenvalue weighted by Gasteiger charge is -2.05. The summed E-state index contributed by atoms with van der Waals surface area (Å²) in [5.41, 5.74) is 6.69. The number of hydrogen-bond acceptors (Lipinski definition) is 3. The maximum atomic E-state index is 11.1. The van der Waals surface area contributed by atoms with Crippen molar-refractivity contribution in [3.8, 4) is 11.1 Å². The van der Waals surface area contributed by atoms with Gasteiger partial charge < -0.3 is 0 Å². The molecule has 0 aromatic heterocycles. The van der Waals surface area contributed by atoms with Gasteiger partial charge in [0.2, 0.25) is 0 Å². The molecule has 0 atom stereocenters. The highest BCUT2D eigenvalue weighted by atomic mass is 16.1. The third kappa shape index (κ3) is 2.27. The van der Waals surface area contributed by atoms with Crippen LogP contribution in [0.4, 0.5) is 0 Å². The molecule has 0 radical (unpaired) electrons. The molecule has 3 heteroatoms. The van der Waals surface area contributed by atoms with Crippen molar-refractivity contribution in [3.63, 3.8) is 0 Å². The van der Waals surface area contributed by atoms with Crippen LogP contribution in [-0.4, -0.2) is 17.7 Å². The summed E-state index contributed by atoms with van der Waals surface area (Å²) in [6.45, 7) is 0. The van der Waals surface area contributed by atoms with E-state index in [2.05, 4.69) is 34.5 Å². The Morgan fingerprint density at radius 1 is 0.826 bits per heavy atom. The molecule has 0 heterocycles. The number of carbonyl (C=O) groups excluding carboxylic acids is 1. The fourth-order valence-electron chi connectivity index (χ4n) is 2.98. The van der Waals surface area contributed by atoms with Crippen molar-refractivity contribution >= 4 is 17.7 Å². The molecular formula is C20H14N2O. The van der Waals surface area contributed by atoms with Crippen molar-refractivity contribution < 1.29 is 4.79 Å². The van der Waals surface area contributed by atoms with Crippen LogP contribution in [0.1, 0.15) is 17.5 Å². The lowest BCUT2D eigenvalue weighted by molar-refractivity contribution is -0.104. The fraction of sp³-hybridized carbons (Fsp3) is 0.0500. The second-order valence-electron chi connectivity index (χ2n) is 5.46. The number of rotatable bonds is 2. The highest BCUT2D eigenvalue weighted by Crippen LogP contribution is 2.36. The molecular weight excluding hydrogens is 284 g/mol. The molecule has 23 heavy (non-hydrogen) atoms. The number of hydrogen-bond donors (Lipinski definition) is 0. The first-order valence-corrected chi connectivity index (χ1v) is 7.54. The van der Waals surface area contributed by atoms with E-state index in [-0.39, 0.29) is 0 Å². The Morgan fingerprint density at radius 2 is 1.43 bits per heavy atom. The van der Waals surface area contributed by atoms with E-state index in [1.165, 1.54) is 11.1 Å². The monoisotopic (exact) mass is 298 g/mol. The van der Waals surface area contributed by atoms with E-state index in [1.807, 2.05) is 36.4 Å². The van der Waals surface area contributed by atoms with Gasteiger partial charge >= 0.3 is 0 Å². The normalized spacial score (nSPS) is 16.8. The third-order valence-corrected chi connectivity index (χ3v) is 4.11. The lowest BCUT2D eigenvalue weighted by Crippen LogP contribution is -2.06. The largest absolute Gasteiger partial charge is 0.298 e. The van der Waals surface area contributed by atoms with Gasteiger partial charge in [-0.1, -0.05) is 66.8 Å². The first-order valence-electron chi connectivity index (χ1n) is 7.54. The van der Waals surface area contributed by atoms with Crippen LogP contribution >= 0.6 is 0 Å². The van der Waals surface area contributed by atoms with E-state index in [1.54, 1.807) is 6.08 Å². The topological polar surface area (TPSA) is 41.8 Å². The van der Waals surface area contributed by atoms with Gasteiger partial charge in [0.1, 0.15) is 5.71 Å². The lowest BCUT2D eigenvalue weighted by atomic mass is 10.0. The van der Waals surface area contributed by atoms with Crippen molar-refractivity contribution in [3.05, 3.63) is 83.5 Å². The molecule has 0 unspecified atom stereocenters. The van der Waals surface area contributed by atoms with Crippen molar-refractivity contribution in [2.75, 3.05) is 0 Å². The number of aldehydes is 1. The minimum Gasteiger partial charge on any atom is -0.298 e. The Kier molecular flexibility index (Phi) is 3.31. The zero-order chi connectivity index (χ0) is 15.6. The third-order valence-electron chi connectivity index (χ3n) is 4.11. The first kappa shape index (κ1) is 13.6. The van der Waals surface area contributed by atoms with Gasteiger partial charge in [-0.2, -0.15) is 5.10 Å². The van der Waals surface area contributed by atoms with Crippen LogP contribution in [0.15, 0.2) is 82.5 Å². The van der Waals surface area contributed by atoms with E-state index in [9.17, 15) is 4.79 Å². The van der Waals surface area contributed by atoms with Crippen LogP contribution in [0.3, 0.4) is 0 Å². The highest BCUT2D eigenvalue weighted by molar-refractivity contribution is 6.25. The quantitative estimate of drug-likeness (QED) is 0.522. The summed E-state index contributed by atoms with van der Waals surface area (Å²) in [5.74, 6) is 0. The Hall–Kier alpha value is -3.07. The van der Waals surface area contributed by atoms with Crippen LogP contribution in [0.25, 0.3) is 11.1 Å². The molecule has 0 aliphatic heterocycles. The molecule has 0 N–H and O–H groups in total. The maximum Gasteiger partial charge on any atom is 0.151 e. The van der Waals surface area contributed by atoms with Gasteiger partial charge in [-0.05, 0) is 11.1 Å². The molecule has 0 saturated carbocycles. The Labute approximate surface area is 134 Å². The van der Waals surface area contributed by atoms with Gasteiger partial charge in [-0.25, -0.2) is 0 Å². The fourth-order valence-corrected chi connectivity index (χ4v) is 2.98. The average molecular weight is 298 g/mol. The molecule has 2 aliphatic rings. The highest BCUT2D eigenvalue weighted by Gasteiger charge is 2.24. The molecule has 2 aliphatic carbocycles. The van der Waals surface area contributed by atoms with E-state index >= 15 is 0 Å². The molecule has 0 amide bonds. The zero-order valence-corrected chi connectivity index (χ0v) is 12.4. The van der Waals surface area contributed by atoms with Crippen LogP contribution in [0, 0.1) is 0 Å². The Balaban J connectivity index is 1.84. The van der Waals surface area contributed by atoms with Crippen LogP contribution in [0.2, 0.25) is 0 Å². The summed E-state index contributed by atoms with van der Waals surface area (Å²) >= 11 is 0. The predicted molar refractivity (Wildman–Crippen MR) is 92.9 cm³/mol. The molecule has 0 spiro atoms. The maximum absolute atomic E-state index is 11.1. The minimum atomic E-state index is 0.594. The standard InChI is InChI=1S/C20H14N2O/c23-13-14-7-1-6-12-19(14)21-22-20-17-10-4-2-8-15(17)16-9-3-5-11-18(16)20/h1-11,13H,12H2. The number of allylic oxidation sites excluding steroid dienone is 4. The van der Waals surface area contributed by atoms with Crippen LogP contribution in [-0.2, 0) is 4.79 Å². The number of carbonyl (C=O) groups is 1. The van der Waals surface area contributed by atoms with Crippen molar-refractivity contribution in [2.45, 2.75) is 6.42 Å². The molecule has 2 aromatic carbocycles. The second-order valence-corrected chi connectivity index (χ2v) is 5.46. The Bertz CT molecular complexity index is 869. The minimum absolute atomic E-state index is 0.594. The van der Waals surface area contributed by atoms with Crippen LogP contribution in [0.5, 0.6) is 0 Å². The summed E-state index contributed by atoms with van der Waals surface area (Å²) in [6.07, 6.45) is 7.08.